The average Bonchev–Trinajstić information content (AvgIpc) is 3.67. The van der Waals surface area contributed by atoms with Crippen molar-refractivity contribution in [3.8, 4) is 22.3 Å². The van der Waals surface area contributed by atoms with Gasteiger partial charge in [0.2, 0.25) is 0 Å². The van der Waals surface area contributed by atoms with E-state index in [2.05, 4.69) is 194 Å². The number of aryl methyl sites for hydroxylation is 1. The molecule has 0 fully saturated rings. The highest BCUT2D eigenvalue weighted by Gasteiger charge is 2.54. The van der Waals surface area contributed by atoms with Gasteiger partial charge in [0.1, 0.15) is 0 Å². The molecule has 0 saturated carbocycles. The molecule has 0 radical (unpaired) electrons. The molecule has 0 heterocycles. The molecule has 0 amide bonds. The van der Waals surface area contributed by atoms with Crippen molar-refractivity contribution in [2.45, 2.75) is 12.3 Å². The molecule has 51 heavy (non-hydrogen) atoms. The third-order valence-corrected chi connectivity index (χ3v) is 11.5. The first-order chi connectivity index (χ1) is 25.2. The number of hydrogen-bond acceptors (Lipinski definition) is 1. The van der Waals surface area contributed by atoms with Crippen LogP contribution in [0.2, 0.25) is 0 Å². The van der Waals surface area contributed by atoms with Crippen LogP contribution < -0.4 is 4.90 Å². The average molecular weight is 648 g/mol. The summed E-state index contributed by atoms with van der Waals surface area (Å²) in [7, 11) is 0. The van der Waals surface area contributed by atoms with Gasteiger partial charge in [-0.15, -0.1) is 0 Å². The Morgan fingerprint density at radius 2 is 0.843 bits per heavy atom. The Kier molecular flexibility index (Phi) is 5.86. The second-order valence-corrected chi connectivity index (χ2v) is 14.1. The summed E-state index contributed by atoms with van der Waals surface area (Å²) >= 11 is 0. The second-order valence-electron chi connectivity index (χ2n) is 14.1. The lowest BCUT2D eigenvalue weighted by atomic mass is 9.68. The van der Waals surface area contributed by atoms with Crippen LogP contribution in [0.25, 0.3) is 54.6 Å². The van der Waals surface area contributed by atoms with Crippen LogP contribution in [-0.4, -0.2) is 0 Å². The molecular weight excluding hydrogens is 615 g/mol. The van der Waals surface area contributed by atoms with Gasteiger partial charge in [-0.3, -0.25) is 0 Å². The summed E-state index contributed by atoms with van der Waals surface area (Å²) < 4.78 is 0. The molecule has 9 aromatic rings. The van der Waals surface area contributed by atoms with Gasteiger partial charge in [0.25, 0.3) is 0 Å². The second kappa shape index (κ2) is 10.5. The van der Waals surface area contributed by atoms with Gasteiger partial charge in [0.05, 0.1) is 11.1 Å². The Labute approximate surface area is 297 Å². The number of rotatable bonds is 3. The highest BCUT2D eigenvalue weighted by molar-refractivity contribution is 6.22. The van der Waals surface area contributed by atoms with Crippen molar-refractivity contribution >= 4 is 49.4 Å². The van der Waals surface area contributed by atoms with Crippen LogP contribution in [0, 0.1) is 6.92 Å². The first kappa shape index (κ1) is 28.4. The lowest BCUT2D eigenvalue weighted by Gasteiger charge is -2.33. The van der Waals surface area contributed by atoms with Gasteiger partial charge < -0.3 is 4.90 Å². The van der Waals surface area contributed by atoms with Crippen LogP contribution in [0.15, 0.2) is 182 Å². The van der Waals surface area contributed by atoms with Gasteiger partial charge in [0, 0.05) is 16.8 Å². The quantitative estimate of drug-likeness (QED) is 0.173. The molecule has 1 nitrogen and oxygen atoms in total. The molecule has 11 rings (SSSR count). The summed E-state index contributed by atoms with van der Waals surface area (Å²) in [4.78, 5) is 2.45. The number of para-hydroxylation sites is 1. The summed E-state index contributed by atoms with van der Waals surface area (Å²) in [5.41, 5.74) is 15.0. The van der Waals surface area contributed by atoms with Crippen molar-refractivity contribution in [2.24, 2.45) is 0 Å². The Morgan fingerprint density at radius 3 is 1.49 bits per heavy atom. The van der Waals surface area contributed by atoms with Crippen molar-refractivity contribution in [1.82, 2.24) is 0 Å². The molecule has 2 aliphatic carbocycles. The molecule has 2 aliphatic rings. The van der Waals surface area contributed by atoms with Gasteiger partial charge >= 0.3 is 0 Å². The Hall–Kier alpha value is -6.44. The zero-order chi connectivity index (χ0) is 33.7. The first-order valence-corrected chi connectivity index (χ1v) is 17.9. The first-order valence-electron chi connectivity index (χ1n) is 17.9. The minimum Gasteiger partial charge on any atom is -0.310 e. The van der Waals surface area contributed by atoms with Crippen molar-refractivity contribution in [1.29, 1.82) is 0 Å². The Balaban J connectivity index is 1.39. The van der Waals surface area contributed by atoms with Crippen LogP contribution in [0.4, 0.5) is 17.1 Å². The van der Waals surface area contributed by atoms with Gasteiger partial charge in [-0.25, -0.2) is 0 Å². The van der Waals surface area contributed by atoms with E-state index in [1.54, 1.807) is 0 Å². The smallest absolute Gasteiger partial charge is 0.0737 e. The number of anilines is 3. The topological polar surface area (TPSA) is 3.24 Å². The molecule has 0 bridgehead atoms. The molecule has 0 aliphatic heterocycles. The number of fused-ring (bicyclic) bond motifs is 17. The van der Waals surface area contributed by atoms with E-state index in [0.29, 0.717) is 0 Å². The third-order valence-electron chi connectivity index (χ3n) is 11.5. The Bertz CT molecular complexity index is 2820. The van der Waals surface area contributed by atoms with Crippen molar-refractivity contribution in [2.75, 3.05) is 4.90 Å². The van der Waals surface area contributed by atoms with E-state index in [9.17, 15) is 0 Å². The van der Waals surface area contributed by atoms with Gasteiger partial charge in [-0.2, -0.15) is 0 Å². The summed E-state index contributed by atoms with van der Waals surface area (Å²) in [6.45, 7) is 2.16. The molecule has 0 unspecified atom stereocenters. The minimum absolute atomic E-state index is 0.499. The molecule has 9 aromatic carbocycles. The van der Waals surface area contributed by atoms with Crippen LogP contribution >= 0.6 is 0 Å². The predicted molar refractivity (Wildman–Crippen MR) is 215 cm³/mol. The van der Waals surface area contributed by atoms with Crippen LogP contribution in [0.1, 0.15) is 27.8 Å². The van der Waals surface area contributed by atoms with Crippen LogP contribution in [0.5, 0.6) is 0 Å². The molecule has 1 spiro atoms. The van der Waals surface area contributed by atoms with E-state index in [-0.39, 0.29) is 0 Å². The maximum absolute atomic E-state index is 2.52. The molecule has 0 atom stereocenters. The summed E-state index contributed by atoms with van der Waals surface area (Å²) in [5, 5.41) is 7.74. The molecule has 0 aromatic heterocycles. The van der Waals surface area contributed by atoms with E-state index in [4.69, 9.17) is 0 Å². The number of benzene rings is 9. The molecule has 0 saturated heterocycles. The van der Waals surface area contributed by atoms with E-state index in [0.717, 1.165) is 11.4 Å². The van der Waals surface area contributed by atoms with Crippen molar-refractivity contribution in [3.05, 3.63) is 210 Å². The van der Waals surface area contributed by atoms with E-state index in [1.165, 1.54) is 88.1 Å². The lowest BCUT2D eigenvalue weighted by molar-refractivity contribution is 0.809. The SMILES string of the molecule is Cc1ccc(N(c2ccccc2)c2cc3c(c4ccccc24)C2(c4ccccc4-c4ccccc42)c2c-3c3ccccc3c3ccccc23)cc1. The summed E-state index contributed by atoms with van der Waals surface area (Å²) in [5.74, 6) is 0. The predicted octanol–water partition coefficient (Wildman–Crippen LogP) is 13.3. The van der Waals surface area contributed by atoms with Gasteiger partial charge in [-0.1, -0.05) is 157 Å². The molecule has 0 N–H and O–H groups in total. The molecule has 238 valence electrons. The fourth-order valence-corrected chi connectivity index (χ4v) is 9.55. The maximum atomic E-state index is 2.52. The highest BCUT2D eigenvalue weighted by Crippen LogP contribution is 2.67. The van der Waals surface area contributed by atoms with E-state index < -0.39 is 5.41 Å². The van der Waals surface area contributed by atoms with Crippen LogP contribution in [0.3, 0.4) is 0 Å². The van der Waals surface area contributed by atoms with Crippen LogP contribution in [-0.2, 0) is 5.41 Å². The fraction of sp³-hybridized carbons (Fsp3) is 0.0400. The molecule has 1 heteroatoms. The van der Waals surface area contributed by atoms with E-state index in [1.807, 2.05) is 0 Å². The largest absolute Gasteiger partial charge is 0.310 e. The lowest BCUT2D eigenvalue weighted by Crippen LogP contribution is -2.26. The van der Waals surface area contributed by atoms with Crippen molar-refractivity contribution < 1.29 is 0 Å². The number of nitrogens with zero attached hydrogens (tertiary/aromatic N) is 1. The summed E-state index contributed by atoms with van der Waals surface area (Å²) in [6, 6.07) is 67.9. The normalized spacial score (nSPS) is 13.4. The standard InChI is InChI=1S/C50H33N/c1-32-27-29-34(30-28-32)51(33-15-3-2-4-16-33)46-31-43-47-40-22-8-5-17-35(40)36-18-6-9-23-41(36)49(47)50(48(43)42-24-10-7-21-39(42)46)44-25-13-11-19-37(44)38-20-12-14-26-45(38)50/h2-31H,1H3. The van der Waals surface area contributed by atoms with Crippen molar-refractivity contribution in [3.63, 3.8) is 0 Å². The minimum atomic E-state index is -0.499. The third kappa shape index (κ3) is 3.70. The fourth-order valence-electron chi connectivity index (χ4n) is 9.55. The number of hydrogen-bond donors (Lipinski definition) is 0. The zero-order valence-electron chi connectivity index (χ0n) is 28.3. The van der Waals surface area contributed by atoms with Gasteiger partial charge in [-0.05, 0) is 109 Å². The van der Waals surface area contributed by atoms with E-state index >= 15 is 0 Å². The Morgan fingerprint density at radius 1 is 0.373 bits per heavy atom. The molecular formula is C50H33N. The maximum Gasteiger partial charge on any atom is 0.0737 e. The van der Waals surface area contributed by atoms with Gasteiger partial charge in [0.15, 0.2) is 0 Å². The highest BCUT2D eigenvalue weighted by atomic mass is 15.1. The monoisotopic (exact) mass is 647 g/mol. The summed E-state index contributed by atoms with van der Waals surface area (Å²) in [6.07, 6.45) is 0. The zero-order valence-corrected chi connectivity index (χ0v) is 28.3.